The lowest BCUT2D eigenvalue weighted by molar-refractivity contribution is 0.835. The number of rotatable bonds is 2. The summed E-state index contributed by atoms with van der Waals surface area (Å²) in [5.74, 6) is 1.39. The van der Waals surface area contributed by atoms with Crippen LogP contribution >= 0.6 is 0 Å². The molecule has 0 aromatic carbocycles. The Morgan fingerprint density at radius 1 is 1.42 bits per heavy atom. The van der Waals surface area contributed by atoms with Gasteiger partial charge in [-0.05, 0) is 25.0 Å². The van der Waals surface area contributed by atoms with Gasteiger partial charge in [-0.15, -0.1) is 0 Å². The van der Waals surface area contributed by atoms with Crippen LogP contribution in [-0.4, -0.2) is 9.97 Å². The molecule has 0 N–H and O–H groups in total. The van der Waals surface area contributed by atoms with E-state index in [4.69, 9.17) is 0 Å². The SMILES string of the molecule is Cc1nccc(/C=C/C(C)C)n1. The van der Waals surface area contributed by atoms with Crippen molar-refractivity contribution in [3.05, 3.63) is 29.9 Å². The van der Waals surface area contributed by atoms with Crippen molar-refractivity contribution < 1.29 is 0 Å². The van der Waals surface area contributed by atoms with Gasteiger partial charge >= 0.3 is 0 Å². The van der Waals surface area contributed by atoms with E-state index in [2.05, 4.69) is 29.9 Å². The van der Waals surface area contributed by atoms with Crippen LogP contribution in [0.4, 0.5) is 0 Å². The van der Waals surface area contributed by atoms with Gasteiger partial charge in [-0.3, -0.25) is 0 Å². The minimum atomic E-state index is 0.570. The lowest BCUT2D eigenvalue weighted by Gasteiger charge is -1.95. The van der Waals surface area contributed by atoms with Crippen LogP contribution in [0.5, 0.6) is 0 Å². The van der Waals surface area contributed by atoms with Gasteiger partial charge in [0.2, 0.25) is 0 Å². The summed E-state index contributed by atoms with van der Waals surface area (Å²) in [5, 5.41) is 0. The minimum absolute atomic E-state index is 0.570. The first-order chi connectivity index (χ1) is 5.68. The van der Waals surface area contributed by atoms with Gasteiger partial charge < -0.3 is 0 Å². The zero-order chi connectivity index (χ0) is 8.97. The van der Waals surface area contributed by atoms with Gasteiger partial charge in [0, 0.05) is 6.20 Å². The van der Waals surface area contributed by atoms with Gasteiger partial charge in [0.25, 0.3) is 0 Å². The lowest BCUT2D eigenvalue weighted by Crippen LogP contribution is -1.88. The molecule has 1 heterocycles. The summed E-state index contributed by atoms with van der Waals surface area (Å²) in [6.45, 7) is 6.18. The number of aromatic nitrogens is 2. The standard InChI is InChI=1S/C10H14N2/c1-8(2)4-5-10-6-7-11-9(3)12-10/h4-8H,1-3H3/b5-4+. The Morgan fingerprint density at radius 3 is 2.75 bits per heavy atom. The van der Waals surface area contributed by atoms with Crippen molar-refractivity contribution in [2.45, 2.75) is 20.8 Å². The smallest absolute Gasteiger partial charge is 0.125 e. The Bertz CT molecular complexity index is 277. The quantitative estimate of drug-likeness (QED) is 0.667. The van der Waals surface area contributed by atoms with Crippen molar-refractivity contribution in [2.24, 2.45) is 5.92 Å². The number of allylic oxidation sites excluding steroid dienone is 1. The summed E-state index contributed by atoms with van der Waals surface area (Å²) in [6.07, 6.45) is 5.93. The molecule has 0 fully saturated rings. The Labute approximate surface area is 73.4 Å². The van der Waals surface area contributed by atoms with E-state index in [9.17, 15) is 0 Å². The molecule has 0 atom stereocenters. The summed E-state index contributed by atoms with van der Waals surface area (Å²) in [5.41, 5.74) is 0.983. The van der Waals surface area contributed by atoms with Gasteiger partial charge in [0.05, 0.1) is 5.69 Å². The molecule has 1 rings (SSSR count). The monoisotopic (exact) mass is 162 g/mol. The largest absolute Gasteiger partial charge is 0.242 e. The highest BCUT2D eigenvalue weighted by Gasteiger charge is 1.90. The van der Waals surface area contributed by atoms with Crippen LogP contribution in [0.2, 0.25) is 0 Å². The number of hydrogen-bond donors (Lipinski definition) is 0. The van der Waals surface area contributed by atoms with Crippen LogP contribution in [0.3, 0.4) is 0 Å². The van der Waals surface area contributed by atoms with Crippen molar-refractivity contribution in [2.75, 3.05) is 0 Å². The molecule has 0 saturated carbocycles. The molecule has 1 aromatic rings. The first-order valence-corrected chi connectivity index (χ1v) is 4.16. The van der Waals surface area contributed by atoms with E-state index >= 15 is 0 Å². The molecular weight excluding hydrogens is 148 g/mol. The van der Waals surface area contributed by atoms with Gasteiger partial charge in [-0.25, -0.2) is 9.97 Å². The molecule has 0 radical (unpaired) electrons. The number of hydrogen-bond acceptors (Lipinski definition) is 2. The summed E-state index contributed by atoms with van der Waals surface area (Å²) in [4.78, 5) is 8.27. The Hall–Kier alpha value is -1.18. The second kappa shape index (κ2) is 4.00. The average molecular weight is 162 g/mol. The third kappa shape index (κ3) is 2.82. The second-order valence-corrected chi connectivity index (χ2v) is 3.13. The maximum absolute atomic E-state index is 4.25. The van der Waals surface area contributed by atoms with E-state index in [1.165, 1.54) is 0 Å². The fraction of sp³-hybridized carbons (Fsp3) is 0.400. The van der Waals surface area contributed by atoms with Gasteiger partial charge in [0.15, 0.2) is 0 Å². The fourth-order valence-corrected chi connectivity index (χ4v) is 0.858. The Morgan fingerprint density at radius 2 is 2.17 bits per heavy atom. The maximum atomic E-state index is 4.25. The van der Waals surface area contributed by atoms with Crippen molar-refractivity contribution >= 4 is 6.08 Å². The molecule has 1 aromatic heterocycles. The van der Waals surface area contributed by atoms with E-state index < -0.39 is 0 Å². The zero-order valence-electron chi connectivity index (χ0n) is 7.78. The summed E-state index contributed by atoms with van der Waals surface area (Å²) < 4.78 is 0. The highest BCUT2D eigenvalue weighted by molar-refractivity contribution is 5.43. The van der Waals surface area contributed by atoms with E-state index in [1.54, 1.807) is 6.20 Å². The highest BCUT2D eigenvalue weighted by Crippen LogP contribution is 2.01. The van der Waals surface area contributed by atoms with E-state index in [0.29, 0.717) is 5.92 Å². The van der Waals surface area contributed by atoms with Gasteiger partial charge in [0.1, 0.15) is 5.82 Å². The van der Waals surface area contributed by atoms with Crippen molar-refractivity contribution in [3.63, 3.8) is 0 Å². The van der Waals surface area contributed by atoms with Crippen LogP contribution in [-0.2, 0) is 0 Å². The average Bonchev–Trinajstić information content (AvgIpc) is 2.01. The molecule has 0 amide bonds. The zero-order valence-corrected chi connectivity index (χ0v) is 7.78. The van der Waals surface area contributed by atoms with Crippen LogP contribution in [0.15, 0.2) is 18.3 Å². The molecule has 0 spiro atoms. The molecule has 0 aliphatic heterocycles. The summed E-state index contributed by atoms with van der Waals surface area (Å²) >= 11 is 0. The molecule has 0 bridgehead atoms. The maximum Gasteiger partial charge on any atom is 0.125 e. The molecule has 64 valence electrons. The minimum Gasteiger partial charge on any atom is -0.242 e. The predicted octanol–water partition coefficient (Wildman–Crippen LogP) is 2.45. The first-order valence-electron chi connectivity index (χ1n) is 4.16. The first kappa shape index (κ1) is 8.91. The van der Waals surface area contributed by atoms with E-state index in [1.807, 2.05) is 19.1 Å². The highest BCUT2D eigenvalue weighted by atomic mass is 14.9. The molecule has 12 heavy (non-hydrogen) atoms. The summed E-state index contributed by atoms with van der Waals surface area (Å²) in [7, 11) is 0. The molecule has 2 nitrogen and oxygen atoms in total. The molecule has 2 heteroatoms. The van der Waals surface area contributed by atoms with Crippen LogP contribution < -0.4 is 0 Å². The summed E-state index contributed by atoms with van der Waals surface area (Å²) in [6, 6.07) is 1.91. The molecule has 0 aliphatic carbocycles. The third-order valence-corrected chi connectivity index (χ3v) is 1.45. The molecule has 0 unspecified atom stereocenters. The van der Waals surface area contributed by atoms with Crippen LogP contribution in [0.1, 0.15) is 25.4 Å². The Kier molecular flexibility index (Phi) is 2.97. The second-order valence-electron chi connectivity index (χ2n) is 3.13. The lowest BCUT2D eigenvalue weighted by atomic mass is 10.2. The van der Waals surface area contributed by atoms with Crippen molar-refractivity contribution in [1.29, 1.82) is 0 Å². The number of aryl methyl sites for hydroxylation is 1. The number of nitrogens with zero attached hydrogens (tertiary/aromatic N) is 2. The van der Waals surface area contributed by atoms with Crippen LogP contribution in [0, 0.1) is 12.8 Å². The van der Waals surface area contributed by atoms with Crippen molar-refractivity contribution in [3.8, 4) is 0 Å². The topological polar surface area (TPSA) is 25.8 Å². The van der Waals surface area contributed by atoms with Gasteiger partial charge in [-0.2, -0.15) is 0 Å². The van der Waals surface area contributed by atoms with Crippen LogP contribution in [0.25, 0.3) is 6.08 Å². The van der Waals surface area contributed by atoms with E-state index in [0.717, 1.165) is 11.5 Å². The molecular formula is C10H14N2. The van der Waals surface area contributed by atoms with Crippen molar-refractivity contribution in [1.82, 2.24) is 9.97 Å². The third-order valence-electron chi connectivity index (χ3n) is 1.45. The van der Waals surface area contributed by atoms with E-state index in [-0.39, 0.29) is 0 Å². The normalized spacial score (nSPS) is 11.3. The van der Waals surface area contributed by atoms with Gasteiger partial charge in [-0.1, -0.05) is 19.9 Å². The molecule has 0 aliphatic rings. The Balaban J connectivity index is 2.76. The predicted molar refractivity (Wildman–Crippen MR) is 50.6 cm³/mol. The fourth-order valence-electron chi connectivity index (χ4n) is 0.858. The molecule has 0 saturated heterocycles.